The molecule has 1 aliphatic carbocycles. The summed E-state index contributed by atoms with van der Waals surface area (Å²) in [6.07, 6.45) is 8.71. The maximum atomic E-state index is 13.3. The summed E-state index contributed by atoms with van der Waals surface area (Å²) in [4.78, 5) is 26.3. The monoisotopic (exact) mass is 477 g/mol. The fraction of sp³-hybridized carbons (Fsp3) is 0.357. The van der Waals surface area contributed by atoms with E-state index in [-0.39, 0.29) is 18.4 Å². The SMILES string of the molecule is COC(=O)OC/C=C/c1cccc(N(Cc2ccc3c(c2OC)OC(C)(C)C=C3)C(=O)C2CC2)c1. The highest BCUT2D eigenvalue weighted by molar-refractivity contribution is 5.96. The van der Waals surface area contributed by atoms with Crippen LogP contribution < -0.4 is 14.4 Å². The van der Waals surface area contributed by atoms with Crippen molar-refractivity contribution in [2.24, 2.45) is 5.92 Å². The predicted octanol–water partition coefficient (Wildman–Crippen LogP) is 5.62. The van der Waals surface area contributed by atoms with Gasteiger partial charge in [0.15, 0.2) is 11.5 Å². The maximum absolute atomic E-state index is 13.3. The van der Waals surface area contributed by atoms with E-state index in [9.17, 15) is 9.59 Å². The second-order valence-electron chi connectivity index (χ2n) is 9.18. The van der Waals surface area contributed by atoms with Crippen molar-refractivity contribution in [3.05, 3.63) is 65.2 Å². The number of anilines is 1. The topological polar surface area (TPSA) is 74.3 Å². The molecule has 2 aliphatic rings. The molecule has 0 unspecified atom stereocenters. The molecule has 0 spiro atoms. The van der Waals surface area contributed by atoms with E-state index in [4.69, 9.17) is 14.2 Å². The smallest absolute Gasteiger partial charge is 0.492 e. The number of hydrogen-bond donors (Lipinski definition) is 0. The van der Waals surface area contributed by atoms with Crippen LogP contribution in [0.1, 0.15) is 43.4 Å². The third-order valence-corrected chi connectivity index (χ3v) is 5.93. The zero-order valence-electron chi connectivity index (χ0n) is 20.6. The van der Waals surface area contributed by atoms with E-state index in [1.165, 1.54) is 7.11 Å². The predicted molar refractivity (Wildman–Crippen MR) is 134 cm³/mol. The summed E-state index contributed by atoms with van der Waals surface area (Å²) in [5.41, 5.74) is 3.06. The third kappa shape index (κ3) is 5.85. The minimum atomic E-state index is -0.730. The molecule has 2 aromatic carbocycles. The molecule has 2 aromatic rings. The molecule has 0 N–H and O–H groups in total. The van der Waals surface area contributed by atoms with Crippen molar-refractivity contribution in [2.75, 3.05) is 25.7 Å². The van der Waals surface area contributed by atoms with Gasteiger partial charge in [0.1, 0.15) is 12.2 Å². The van der Waals surface area contributed by atoms with Crippen molar-refractivity contribution in [1.29, 1.82) is 0 Å². The Kier molecular flexibility index (Phi) is 7.15. The second-order valence-corrected chi connectivity index (χ2v) is 9.18. The van der Waals surface area contributed by atoms with Gasteiger partial charge >= 0.3 is 6.16 Å². The first-order valence-electron chi connectivity index (χ1n) is 11.7. The van der Waals surface area contributed by atoms with Crippen LogP contribution in [0, 0.1) is 5.92 Å². The quantitative estimate of drug-likeness (QED) is 0.460. The number of amides is 1. The molecule has 4 rings (SSSR count). The molecule has 1 saturated carbocycles. The summed E-state index contributed by atoms with van der Waals surface area (Å²) in [6, 6.07) is 11.7. The van der Waals surface area contributed by atoms with Gasteiger partial charge in [0, 0.05) is 22.7 Å². The standard InChI is InChI=1S/C28H31NO6/c1-28(2)15-14-20-10-13-22(24(32-3)25(20)35-28)18-29(26(30)21-11-12-21)23-9-5-7-19(17-23)8-6-16-34-27(31)33-4/h5-10,13-15,17,21H,11-12,16,18H2,1-4H3/b8-6+. The Morgan fingerprint density at radius 1 is 1.17 bits per heavy atom. The van der Waals surface area contributed by atoms with Crippen molar-refractivity contribution in [1.82, 2.24) is 0 Å². The number of hydrogen-bond acceptors (Lipinski definition) is 6. The largest absolute Gasteiger partial charge is 0.508 e. The molecule has 1 fully saturated rings. The number of methoxy groups -OCH3 is 2. The lowest BCUT2D eigenvalue weighted by atomic mass is 9.99. The van der Waals surface area contributed by atoms with Crippen LogP contribution in [-0.4, -0.2) is 38.5 Å². The Morgan fingerprint density at radius 2 is 1.97 bits per heavy atom. The molecule has 35 heavy (non-hydrogen) atoms. The second kappa shape index (κ2) is 10.3. The van der Waals surface area contributed by atoms with Gasteiger partial charge in [-0.1, -0.05) is 36.4 Å². The van der Waals surface area contributed by atoms with Crippen molar-refractivity contribution >= 4 is 29.9 Å². The van der Waals surface area contributed by atoms with E-state index in [1.807, 2.05) is 73.4 Å². The van der Waals surface area contributed by atoms with E-state index in [0.29, 0.717) is 18.0 Å². The zero-order chi connectivity index (χ0) is 25.0. The van der Waals surface area contributed by atoms with Crippen LogP contribution in [0.5, 0.6) is 11.5 Å². The van der Waals surface area contributed by atoms with Crippen molar-refractivity contribution in [2.45, 2.75) is 38.8 Å². The number of carbonyl (C=O) groups is 2. The number of rotatable bonds is 8. The highest BCUT2D eigenvalue weighted by atomic mass is 16.7. The molecule has 184 valence electrons. The molecular formula is C28H31NO6. The minimum absolute atomic E-state index is 0.0457. The molecule has 0 saturated heterocycles. The summed E-state index contributed by atoms with van der Waals surface area (Å²) in [5, 5.41) is 0. The fourth-order valence-corrected chi connectivity index (χ4v) is 3.96. The normalized spacial score (nSPS) is 15.8. The maximum Gasteiger partial charge on any atom is 0.508 e. The van der Waals surface area contributed by atoms with E-state index >= 15 is 0 Å². The van der Waals surface area contributed by atoms with Crippen LogP contribution >= 0.6 is 0 Å². The van der Waals surface area contributed by atoms with Gasteiger partial charge in [-0.2, -0.15) is 0 Å². The van der Waals surface area contributed by atoms with Crippen LogP contribution in [0.25, 0.3) is 12.2 Å². The van der Waals surface area contributed by atoms with Crippen LogP contribution in [0.15, 0.2) is 48.6 Å². The highest BCUT2D eigenvalue weighted by Crippen LogP contribution is 2.42. The van der Waals surface area contributed by atoms with Gasteiger partial charge in [-0.3, -0.25) is 4.79 Å². The van der Waals surface area contributed by atoms with Gasteiger partial charge in [0.05, 0.1) is 20.8 Å². The molecule has 1 heterocycles. The minimum Gasteiger partial charge on any atom is -0.492 e. The average Bonchev–Trinajstić information content (AvgIpc) is 3.69. The molecule has 0 radical (unpaired) electrons. The van der Waals surface area contributed by atoms with Crippen LogP contribution in [0.4, 0.5) is 10.5 Å². The van der Waals surface area contributed by atoms with Crippen molar-refractivity contribution < 1.29 is 28.5 Å². The number of ether oxygens (including phenoxy) is 4. The van der Waals surface area contributed by atoms with Gasteiger partial charge in [-0.25, -0.2) is 4.79 Å². The summed E-state index contributed by atoms with van der Waals surface area (Å²) in [6.45, 7) is 4.45. The van der Waals surface area contributed by atoms with E-state index < -0.39 is 11.8 Å². The van der Waals surface area contributed by atoms with E-state index in [0.717, 1.165) is 35.2 Å². The first-order valence-corrected chi connectivity index (χ1v) is 11.7. The summed E-state index contributed by atoms with van der Waals surface area (Å²) in [5.74, 6) is 1.48. The fourth-order valence-electron chi connectivity index (χ4n) is 3.96. The Hall–Kier alpha value is -3.74. The first kappa shape index (κ1) is 24.4. The molecule has 1 aliphatic heterocycles. The lowest BCUT2D eigenvalue weighted by Crippen LogP contribution is -2.32. The Bertz CT molecular complexity index is 1160. The lowest BCUT2D eigenvalue weighted by molar-refractivity contribution is -0.119. The summed E-state index contributed by atoms with van der Waals surface area (Å²) < 4.78 is 21.4. The number of benzene rings is 2. The molecular weight excluding hydrogens is 446 g/mol. The van der Waals surface area contributed by atoms with Crippen LogP contribution in [-0.2, 0) is 20.8 Å². The molecule has 7 heteroatoms. The van der Waals surface area contributed by atoms with E-state index in [2.05, 4.69) is 4.74 Å². The van der Waals surface area contributed by atoms with Gasteiger partial charge in [-0.15, -0.1) is 0 Å². The number of nitrogens with zero attached hydrogens (tertiary/aromatic N) is 1. The van der Waals surface area contributed by atoms with Crippen molar-refractivity contribution in [3.8, 4) is 11.5 Å². The van der Waals surface area contributed by atoms with Gasteiger partial charge in [0.25, 0.3) is 0 Å². The third-order valence-electron chi connectivity index (χ3n) is 5.93. The van der Waals surface area contributed by atoms with E-state index in [1.54, 1.807) is 13.2 Å². The number of fused-ring (bicyclic) bond motifs is 1. The Morgan fingerprint density at radius 3 is 2.69 bits per heavy atom. The zero-order valence-corrected chi connectivity index (χ0v) is 20.6. The van der Waals surface area contributed by atoms with Crippen molar-refractivity contribution in [3.63, 3.8) is 0 Å². The van der Waals surface area contributed by atoms with Gasteiger partial charge in [-0.05, 0) is 56.5 Å². The first-order chi connectivity index (χ1) is 16.8. The molecule has 0 atom stereocenters. The number of carbonyl (C=O) groups excluding carboxylic acids is 2. The van der Waals surface area contributed by atoms with Gasteiger partial charge in [0.2, 0.25) is 5.91 Å². The Labute approximate surface area is 205 Å². The van der Waals surface area contributed by atoms with Crippen LogP contribution in [0.2, 0.25) is 0 Å². The summed E-state index contributed by atoms with van der Waals surface area (Å²) >= 11 is 0. The van der Waals surface area contributed by atoms with Crippen LogP contribution in [0.3, 0.4) is 0 Å². The Balaban J connectivity index is 1.61. The molecule has 1 amide bonds. The average molecular weight is 478 g/mol. The summed E-state index contributed by atoms with van der Waals surface area (Å²) in [7, 11) is 2.89. The van der Waals surface area contributed by atoms with Gasteiger partial charge < -0.3 is 23.8 Å². The lowest BCUT2D eigenvalue weighted by Gasteiger charge is -2.31. The molecule has 0 aromatic heterocycles. The highest BCUT2D eigenvalue weighted by Gasteiger charge is 2.35. The molecule has 0 bridgehead atoms. The molecule has 7 nitrogen and oxygen atoms in total.